The fourth-order valence-corrected chi connectivity index (χ4v) is 1.70. The van der Waals surface area contributed by atoms with E-state index in [9.17, 15) is 0 Å². The van der Waals surface area contributed by atoms with Crippen LogP contribution in [-0.2, 0) is 4.74 Å². The van der Waals surface area contributed by atoms with E-state index >= 15 is 0 Å². The van der Waals surface area contributed by atoms with E-state index in [2.05, 4.69) is 51.7 Å². The molecule has 4 nitrogen and oxygen atoms in total. The Labute approximate surface area is 110 Å². The van der Waals surface area contributed by atoms with E-state index in [1.54, 1.807) is 12.5 Å². The van der Waals surface area contributed by atoms with Gasteiger partial charge in [0, 0.05) is 12.8 Å². The minimum absolute atomic E-state index is 0.281. The third-order valence-electron chi connectivity index (χ3n) is 2.30. The summed E-state index contributed by atoms with van der Waals surface area (Å²) in [6.45, 7) is 7.79. The SMILES string of the molecule is CCOCC(Nc1ncncc1I)C(C)C. The molecule has 0 radical (unpaired) electrons. The molecule has 0 aliphatic heterocycles. The lowest BCUT2D eigenvalue weighted by molar-refractivity contribution is 0.126. The predicted octanol–water partition coefficient (Wildman–Crippen LogP) is 2.55. The topological polar surface area (TPSA) is 47.0 Å². The summed E-state index contributed by atoms with van der Waals surface area (Å²) in [6, 6.07) is 0.281. The van der Waals surface area contributed by atoms with Crippen LogP contribution < -0.4 is 5.32 Å². The maximum absolute atomic E-state index is 5.46. The molecule has 5 heteroatoms. The molecule has 90 valence electrons. The van der Waals surface area contributed by atoms with Gasteiger partial charge in [-0.05, 0) is 35.4 Å². The molecule has 0 aliphatic carbocycles. The third kappa shape index (κ3) is 4.21. The van der Waals surface area contributed by atoms with Gasteiger partial charge in [0.15, 0.2) is 0 Å². The van der Waals surface area contributed by atoms with Crippen LogP contribution in [0.25, 0.3) is 0 Å². The van der Waals surface area contributed by atoms with Crippen molar-refractivity contribution in [2.24, 2.45) is 5.92 Å². The van der Waals surface area contributed by atoms with Gasteiger partial charge in [-0.3, -0.25) is 0 Å². The summed E-state index contributed by atoms with van der Waals surface area (Å²) in [4.78, 5) is 8.19. The first kappa shape index (κ1) is 13.6. The number of rotatable bonds is 6. The molecule has 16 heavy (non-hydrogen) atoms. The highest BCUT2D eigenvalue weighted by atomic mass is 127. The van der Waals surface area contributed by atoms with Crippen molar-refractivity contribution in [1.82, 2.24) is 9.97 Å². The smallest absolute Gasteiger partial charge is 0.143 e. The molecule has 1 aromatic heterocycles. The minimum Gasteiger partial charge on any atom is -0.380 e. The van der Waals surface area contributed by atoms with Crippen LogP contribution in [0.3, 0.4) is 0 Å². The van der Waals surface area contributed by atoms with Gasteiger partial charge in [0.25, 0.3) is 0 Å². The molecule has 0 saturated carbocycles. The molecule has 0 aliphatic rings. The second kappa shape index (κ2) is 7.01. The van der Waals surface area contributed by atoms with Crippen LogP contribution in [0.15, 0.2) is 12.5 Å². The van der Waals surface area contributed by atoms with Crippen LogP contribution in [0.2, 0.25) is 0 Å². The lowest BCUT2D eigenvalue weighted by Gasteiger charge is -2.23. The van der Waals surface area contributed by atoms with Gasteiger partial charge in [0.1, 0.15) is 12.1 Å². The van der Waals surface area contributed by atoms with Crippen molar-refractivity contribution >= 4 is 28.4 Å². The quantitative estimate of drug-likeness (QED) is 0.812. The summed E-state index contributed by atoms with van der Waals surface area (Å²) in [5, 5.41) is 3.40. The Balaban J connectivity index is 2.64. The van der Waals surface area contributed by atoms with Crippen LogP contribution in [0, 0.1) is 9.49 Å². The summed E-state index contributed by atoms with van der Waals surface area (Å²) in [5.41, 5.74) is 0. The van der Waals surface area contributed by atoms with E-state index in [4.69, 9.17) is 4.74 Å². The average molecular weight is 335 g/mol. The fraction of sp³-hybridized carbons (Fsp3) is 0.636. The van der Waals surface area contributed by atoms with Gasteiger partial charge >= 0.3 is 0 Å². The average Bonchev–Trinajstić information content (AvgIpc) is 2.26. The van der Waals surface area contributed by atoms with Crippen LogP contribution in [0.1, 0.15) is 20.8 Å². The molecule has 1 rings (SSSR count). The molecular formula is C11H18IN3O. The zero-order valence-corrected chi connectivity index (χ0v) is 12.1. The lowest BCUT2D eigenvalue weighted by Crippen LogP contribution is -2.31. The summed E-state index contributed by atoms with van der Waals surface area (Å²) in [5.74, 6) is 1.38. The molecule has 1 heterocycles. The van der Waals surface area contributed by atoms with Crippen molar-refractivity contribution in [3.05, 3.63) is 16.1 Å². The number of hydrogen-bond donors (Lipinski definition) is 1. The van der Waals surface area contributed by atoms with E-state index in [0.29, 0.717) is 12.5 Å². The Bertz CT molecular complexity index is 320. The predicted molar refractivity (Wildman–Crippen MR) is 73.5 cm³/mol. The van der Waals surface area contributed by atoms with Gasteiger partial charge in [-0.1, -0.05) is 13.8 Å². The largest absolute Gasteiger partial charge is 0.380 e. The van der Waals surface area contributed by atoms with E-state index in [1.807, 2.05) is 6.92 Å². The highest BCUT2D eigenvalue weighted by Crippen LogP contribution is 2.16. The molecular weight excluding hydrogens is 317 g/mol. The minimum atomic E-state index is 0.281. The van der Waals surface area contributed by atoms with Crippen molar-refractivity contribution in [1.29, 1.82) is 0 Å². The highest BCUT2D eigenvalue weighted by Gasteiger charge is 2.14. The lowest BCUT2D eigenvalue weighted by atomic mass is 10.1. The molecule has 1 unspecified atom stereocenters. The van der Waals surface area contributed by atoms with Crippen molar-refractivity contribution in [3.63, 3.8) is 0 Å². The van der Waals surface area contributed by atoms with Gasteiger partial charge < -0.3 is 10.1 Å². The van der Waals surface area contributed by atoms with E-state index in [1.165, 1.54) is 0 Å². The summed E-state index contributed by atoms with van der Waals surface area (Å²) < 4.78 is 6.49. The maximum atomic E-state index is 5.46. The number of hydrogen-bond acceptors (Lipinski definition) is 4. The van der Waals surface area contributed by atoms with Gasteiger partial charge in [-0.15, -0.1) is 0 Å². The Morgan fingerprint density at radius 2 is 2.25 bits per heavy atom. The summed E-state index contributed by atoms with van der Waals surface area (Å²) >= 11 is 2.23. The zero-order valence-electron chi connectivity index (χ0n) is 9.90. The van der Waals surface area contributed by atoms with Gasteiger partial charge in [-0.25, -0.2) is 9.97 Å². The van der Waals surface area contributed by atoms with Crippen molar-refractivity contribution in [2.75, 3.05) is 18.5 Å². The molecule has 0 spiro atoms. The number of anilines is 1. The van der Waals surface area contributed by atoms with Crippen LogP contribution in [0.4, 0.5) is 5.82 Å². The first-order chi connectivity index (χ1) is 7.65. The van der Waals surface area contributed by atoms with Crippen molar-refractivity contribution < 1.29 is 4.74 Å². The second-order valence-corrected chi connectivity index (χ2v) is 5.04. The third-order valence-corrected chi connectivity index (χ3v) is 3.09. The standard InChI is InChI=1S/C11H18IN3O/c1-4-16-6-10(8(2)3)15-11-9(12)5-13-7-14-11/h5,7-8,10H,4,6H2,1-3H3,(H,13,14,15). The number of halogens is 1. The molecule has 1 atom stereocenters. The molecule has 0 fully saturated rings. The highest BCUT2D eigenvalue weighted by molar-refractivity contribution is 14.1. The Morgan fingerprint density at radius 3 is 2.81 bits per heavy atom. The summed E-state index contributed by atoms with van der Waals surface area (Å²) in [6.07, 6.45) is 3.36. The van der Waals surface area contributed by atoms with Gasteiger partial charge in [0.2, 0.25) is 0 Å². The molecule has 1 aromatic rings. The monoisotopic (exact) mass is 335 g/mol. The van der Waals surface area contributed by atoms with Crippen LogP contribution in [-0.4, -0.2) is 29.2 Å². The number of aromatic nitrogens is 2. The zero-order chi connectivity index (χ0) is 12.0. The Kier molecular flexibility index (Phi) is 5.97. The van der Waals surface area contributed by atoms with Crippen LogP contribution >= 0.6 is 22.6 Å². The van der Waals surface area contributed by atoms with Crippen molar-refractivity contribution in [3.8, 4) is 0 Å². The van der Waals surface area contributed by atoms with E-state index < -0.39 is 0 Å². The first-order valence-electron chi connectivity index (χ1n) is 5.45. The van der Waals surface area contributed by atoms with E-state index in [0.717, 1.165) is 16.0 Å². The normalized spacial score (nSPS) is 12.8. The molecule has 0 saturated heterocycles. The molecule has 0 amide bonds. The maximum Gasteiger partial charge on any atom is 0.143 e. The second-order valence-electron chi connectivity index (χ2n) is 3.87. The van der Waals surface area contributed by atoms with Gasteiger partial charge in [0.05, 0.1) is 16.2 Å². The molecule has 0 bridgehead atoms. The van der Waals surface area contributed by atoms with E-state index in [-0.39, 0.29) is 6.04 Å². The molecule has 1 N–H and O–H groups in total. The first-order valence-corrected chi connectivity index (χ1v) is 6.52. The number of nitrogens with zero attached hydrogens (tertiary/aromatic N) is 2. The molecule has 0 aromatic carbocycles. The fourth-order valence-electron chi connectivity index (χ4n) is 1.24. The summed E-state index contributed by atoms with van der Waals surface area (Å²) in [7, 11) is 0. The van der Waals surface area contributed by atoms with Crippen LogP contribution in [0.5, 0.6) is 0 Å². The number of ether oxygens (including phenoxy) is 1. The Morgan fingerprint density at radius 1 is 1.50 bits per heavy atom. The van der Waals surface area contributed by atoms with Gasteiger partial charge in [-0.2, -0.15) is 0 Å². The van der Waals surface area contributed by atoms with Crippen molar-refractivity contribution in [2.45, 2.75) is 26.8 Å². The Hall–Kier alpha value is -0.430. The number of nitrogens with one attached hydrogen (secondary N) is 1.